The molecule has 5 nitrogen and oxygen atoms in total. The van der Waals surface area contributed by atoms with E-state index in [9.17, 15) is 4.79 Å². The van der Waals surface area contributed by atoms with E-state index >= 15 is 0 Å². The summed E-state index contributed by atoms with van der Waals surface area (Å²) in [6.07, 6.45) is 2.14. The number of amides is 1. The van der Waals surface area contributed by atoms with Crippen molar-refractivity contribution in [2.24, 2.45) is 0 Å². The molecule has 1 amide bonds. The third kappa shape index (κ3) is 2.68. The molecule has 0 radical (unpaired) electrons. The van der Waals surface area contributed by atoms with Crippen molar-refractivity contribution in [3.63, 3.8) is 0 Å². The summed E-state index contributed by atoms with van der Waals surface area (Å²) in [7, 11) is 1.60. The average Bonchev–Trinajstić information content (AvgIpc) is 2.87. The molecule has 1 aliphatic heterocycles. The van der Waals surface area contributed by atoms with Gasteiger partial charge in [0.15, 0.2) is 0 Å². The molecule has 98 valence electrons. The van der Waals surface area contributed by atoms with Crippen LogP contribution in [0.3, 0.4) is 0 Å². The van der Waals surface area contributed by atoms with Crippen LogP contribution in [0.4, 0.5) is 0 Å². The smallest absolute Gasteiger partial charge is 0.269 e. The first-order valence-electron chi connectivity index (χ1n) is 6.30. The Morgan fingerprint density at radius 2 is 2.44 bits per heavy atom. The van der Waals surface area contributed by atoms with Crippen molar-refractivity contribution in [2.75, 3.05) is 26.7 Å². The predicted octanol–water partition coefficient (Wildman–Crippen LogP) is 0.570. The van der Waals surface area contributed by atoms with Gasteiger partial charge in [0.05, 0.1) is 18.3 Å². The number of aliphatic hydroxyl groups is 1. The highest BCUT2D eigenvalue weighted by atomic mass is 16.3. The summed E-state index contributed by atoms with van der Waals surface area (Å²) >= 11 is 0. The second kappa shape index (κ2) is 5.93. The van der Waals surface area contributed by atoms with E-state index < -0.39 is 0 Å². The first-order chi connectivity index (χ1) is 8.76. The molecular formula is C13H19N3O2. The van der Waals surface area contributed by atoms with E-state index in [1.54, 1.807) is 13.1 Å². The van der Waals surface area contributed by atoms with E-state index in [1.165, 1.54) is 0 Å². The number of hydrogen-bond acceptors (Lipinski definition) is 4. The number of carbonyl (C=O) groups excluding carboxylic acids is 1. The van der Waals surface area contributed by atoms with Crippen LogP contribution in [0, 0.1) is 0 Å². The van der Waals surface area contributed by atoms with Gasteiger partial charge in [-0.1, -0.05) is 6.07 Å². The molecule has 1 saturated heterocycles. The van der Waals surface area contributed by atoms with E-state index in [0.29, 0.717) is 12.2 Å². The van der Waals surface area contributed by atoms with Gasteiger partial charge in [0.2, 0.25) is 0 Å². The fourth-order valence-electron chi connectivity index (χ4n) is 2.45. The van der Waals surface area contributed by atoms with Crippen LogP contribution in [0.5, 0.6) is 0 Å². The lowest BCUT2D eigenvalue weighted by Crippen LogP contribution is -2.27. The van der Waals surface area contributed by atoms with Crippen LogP contribution in [0.2, 0.25) is 0 Å². The molecule has 1 aromatic heterocycles. The minimum Gasteiger partial charge on any atom is -0.395 e. The molecule has 0 aromatic carbocycles. The Morgan fingerprint density at radius 3 is 3.17 bits per heavy atom. The molecule has 0 saturated carbocycles. The van der Waals surface area contributed by atoms with Crippen molar-refractivity contribution in [1.29, 1.82) is 0 Å². The standard InChI is InChI=1S/C13H19N3O2/c1-14-13(18)11-5-2-4-10(15-11)12-6-3-7-16(12)8-9-17/h2,4-5,12,17H,3,6-9H2,1H3,(H,14,18)/t12-/m1/s1. The molecule has 1 fully saturated rings. The highest BCUT2D eigenvalue weighted by Crippen LogP contribution is 2.30. The van der Waals surface area contributed by atoms with E-state index in [2.05, 4.69) is 15.2 Å². The van der Waals surface area contributed by atoms with Gasteiger partial charge in [-0.15, -0.1) is 0 Å². The number of rotatable bonds is 4. The maximum absolute atomic E-state index is 11.6. The number of aromatic nitrogens is 1. The van der Waals surface area contributed by atoms with Crippen LogP contribution in [0.15, 0.2) is 18.2 Å². The van der Waals surface area contributed by atoms with Gasteiger partial charge in [-0.2, -0.15) is 0 Å². The molecule has 0 bridgehead atoms. The lowest BCUT2D eigenvalue weighted by molar-refractivity contribution is 0.0957. The Balaban J connectivity index is 2.19. The Hall–Kier alpha value is -1.46. The van der Waals surface area contributed by atoms with Gasteiger partial charge in [0, 0.05) is 13.6 Å². The van der Waals surface area contributed by atoms with Crippen molar-refractivity contribution >= 4 is 5.91 Å². The van der Waals surface area contributed by atoms with E-state index in [1.807, 2.05) is 12.1 Å². The van der Waals surface area contributed by atoms with Crippen molar-refractivity contribution in [1.82, 2.24) is 15.2 Å². The van der Waals surface area contributed by atoms with Crippen LogP contribution in [0.25, 0.3) is 0 Å². The van der Waals surface area contributed by atoms with Gasteiger partial charge in [-0.05, 0) is 31.5 Å². The summed E-state index contributed by atoms with van der Waals surface area (Å²) in [4.78, 5) is 18.2. The minimum atomic E-state index is -0.163. The van der Waals surface area contributed by atoms with Gasteiger partial charge in [0.25, 0.3) is 5.91 Å². The molecule has 1 atom stereocenters. The first kappa shape index (κ1) is 13.0. The zero-order valence-electron chi connectivity index (χ0n) is 10.6. The summed E-state index contributed by atoms with van der Waals surface area (Å²) < 4.78 is 0. The van der Waals surface area contributed by atoms with E-state index in [0.717, 1.165) is 25.1 Å². The molecule has 2 heterocycles. The molecule has 1 aliphatic rings. The molecule has 0 spiro atoms. The fourth-order valence-corrected chi connectivity index (χ4v) is 2.45. The topological polar surface area (TPSA) is 65.5 Å². The number of carbonyl (C=O) groups is 1. The summed E-state index contributed by atoms with van der Waals surface area (Å²) in [5, 5.41) is 11.6. The third-order valence-electron chi connectivity index (χ3n) is 3.32. The molecule has 5 heteroatoms. The number of nitrogens with one attached hydrogen (secondary N) is 1. The molecule has 18 heavy (non-hydrogen) atoms. The predicted molar refractivity (Wildman–Crippen MR) is 68.3 cm³/mol. The molecule has 0 unspecified atom stereocenters. The highest BCUT2D eigenvalue weighted by Gasteiger charge is 2.26. The van der Waals surface area contributed by atoms with Crippen molar-refractivity contribution in [2.45, 2.75) is 18.9 Å². The van der Waals surface area contributed by atoms with Gasteiger partial charge in [0.1, 0.15) is 5.69 Å². The lowest BCUT2D eigenvalue weighted by Gasteiger charge is -2.23. The number of pyridine rings is 1. The average molecular weight is 249 g/mol. The van der Waals surface area contributed by atoms with Gasteiger partial charge >= 0.3 is 0 Å². The van der Waals surface area contributed by atoms with Crippen LogP contribution in [0.1, 0.15) is 35.1 Å². The molecule has 2 N–H and O–H groups in total. The van der Waals surface area contributed by atoms with Crippen molar-refractivity contribution in [3.05, 3.63) is 29.6 Å². The summed E-state index contributed by atoms with van der Waals surface area (Å²) in [6.45, 7) is 1.80. The number of hydrogen-bond donors (Lipinski definition) is 2. The SMILES string of the molecule is CNC(=O)c1cccc([C@H]2CCCN2CCO)n1. The molecular weight excluding hydrogens is 230 g/mol. The third-order valence-corrected chi connectivity index (χ3v) is 3.32. The number of nitrogens with zero attached hydrogens (tertiary/aromatic N) is 2. The molecule has 2 rings (SSSR count). The highest BCUT2D eigenvalue weighted by molar-refractivity contribution is 5.91. The maximum atomic E-state index is 11.6. The van der Waals surface area contributed by atoms with Crippen LogP contribution < -0.4 is 5.32 Å². The molecule has 0 aliphatic carbocycles. The fraction of sp³-hybridized carbons (Fsp3) is 0.538. The second-order valence-electron chi connectivity index (χ2n) is 4.44. The summed E-state index contributed by atoms with van der Waals surface area (Å²) in [6, 6.07) is 5.75. The van der Waals surface area contributed by atoms with E-state index in [4.69, 9.17) is 5.11 Å². The Labute approximate surface area is 107 Å². The quantitative estimate of drug-likeness (QED) is 0.819. The largest absolute Gasteiger partial charge is 0.395 e. The van der Waals surface area contributed by atoms with Crippen LogP contribution >= 0.6 is 0 Å². The first-order valence-corrected chi connectivity index (χ1v) is 6.30. The zero-order chi connectivity index (χ0) is 13.0. The summed E-state index contributed by atoms with van der Waals surface area (Å²) in [5.74, 6) is -0.163. The van der Waals surface area contributed by atoms with E-state index in [-0.39, 0.29) is 18.6 Å². The molecule has 1 aromatic rings. The Morgan fingerprint density at radius 1 is 1.61 bits per heavy atom. The normalized spacial score (nSPS) is 20.0. The van der Waals surface area contributed by atoms with Crippen LogP contribution in [-0.2, 0) is 0 Å². The lowest BCUT2D eigenvalue weighted by atomic mass is 10.1. The van der Waals surface area contributed by atoms with Crippen molar-refractivity contribution < 1.29 is 9.90 Å². The van der Waals surface area contributed by atoms with Gasteiger partial charge < -0.3 is 10.4 Å². The minimum absolute atomic E-state index is 0.158. The van der Waals surface area contributed by atoms with Crippen molar-refractivity contribution in [3.8, 4) is 0 Å². The maximum Gasteiger partial charge on any atom is 0.269 e. The Bertz CT molecular complexity index is 422. The number of β-amino-alcohol motifs (C(OH)–C–C–N with tert-alkyl or cyclic N) is 1. The summed E-state index contributed by atoms with van der Waals surface area (Å²) in [5.41, 5.74) is 1.37. The second-order valence-corrected chi connectivity index (χ2v) is 4.44. The van der Waals surface area contributed by atoms with Gasteiger partial charge in [-0.3, -0.25) is 9.69 Å². The van der Waals surface area contributed by atoms with Crippen LogP contribution in [-0.4, -0.2) is 47.6 Å². The number of likely N-dealkylation sites (tertiary alicyclic amines) is 1. The van der Waals surface area contributed by atoms with Gasteiger partial charge in [-0.25, -0.2) is 4.98 Å². The monoisotopic (exact) mass is 249 g/mol. The zero-order valence-corrected chi connectivity index (χ0v) is 10.6. The number of aliphatic hydroxyl groups excluding tert-OH is 1. The Kier molecular flexibility index (Phi) is 4.28.